The summed E-state index contributed by atoms with van der Waals surface area (Å²) in [6.07, 6.45) is 0. The van der Waals surface area contributed by atoms with Gasteiger partial charge in [-0.3, -0.25) is 9.59 Å². The van der Waals surface area contributed by atoms with Gasteiger partial charge in [-0.25, -0.2) is 0 Å². The Balaban J connectivity index is 1.88. The molecule has 0 aliphatic rings. The van der Waals surface area contributed by atoms with Gasteiger partial charge in [-0.2, -0.15) is 4.98 Å². The van der Waals surface area contributed by atoms with Gasteiger partial charge in [0.05, 0.1) is 5.52 Å². The average Bonchev–Trinajstić information content (AvgIpc) is 2.47. The first-order valence-electron chi connectivity index (χ1n) is 6.02. The first-order valence-corrected chi connectivity index (χ1v) is 6.02. The number of ether oxygens (including phenoxy) is 1. The zero-order chi connectivity index (χ0) is 13.9. The number of fused-ring (bicyclic) bond motifs is 1. The van der Waals surface area contributed by atoms with E-state index in [1.807, 2.05) is 30.3 Å². The summed E-state index contributed by atoms with van der Waals surface area (Å²) in [6.45, 7) is 0.382. The van der Waals surface area contributed by atoms with Crippen molar-refractivity contribution < 1.29 is 4.74 Å². The first kappa shape index (κ1) is 12.2. The molecule has 2 N–H and O–H groups in total. The molecule has 1 aromatic carbocycles. The van der Waals surface area contributed by atoms with Crippen LogP contribution in [0.5, 0.6) is 5.88 Å². The minimum atomic E-state index is -0.731. The average molecular weight is 269 g/mol. The first-order chi connectivity index (χ1) is 9.72. The highest BCUT2D eigenvalue weighted by Crippen LogP contribution is 2.12. The Morgan fingerprint density at radius 1 is 0.950 bits per heavy atom. The fourth-order valence-electron chi connectivity index (χ4n) is 1.79. The van der Waals surface area contributed by atoms with E-state index in [1.54, 1.807) is 12.1 Å². The van der Waals surface area contributed by atoms with Crippen molar-refractivity contribution in [1.29, 1.82) is 0 Å². The second kappa shape index (κ2) is 5.00. The molecule has 0 fully saturated rings. The quantitative estimate of drug-likeness (QED) is 0.699. The number of benzene rings is 1. The molecule has 6 heteroatoms. The lowest BCUT2D eigenvalue weighted by Gasteiger charge is -2.05. The summed E-state index contributed by atoms with van der Waals surface area (Å²) >= 11 is 0. The topological polar surface area (TPSA) is 87.8 Å². The van der Waals surface area contributed by atoms with Crippen LogP contribution in [0.1, 0.15) is 5.56 Å². The molecule has 0 saturated heterocycles. The van der Waals surface area contributed by atoms with Gasteiger partial charge in [-0.15, -0.1) is 0 Å². The van der Waals surface area contributed by atoms with Crippen LogP contribution in [0.3, 0.4) is 0 Å². The van der Waals surface area contributed by atoms with Crippen molar-refractivity contribution >= 4 is 11.2 Å². The highest BCUT2D eigenvalue weighted by Gasteiger charge is 2.03. The molecule has 0 saturated carbocycles. The van der Waals surface area contributed by atoms with Crippen molar-refractivity contribution in [3.63, 3.8) is 0 Å². The van der Waals surface area contributed by atoms with Gasteiger partial charge in [0, 0.05) is 6.07 Å². The molecule has 6 nitrogen and oxygen atoms in total. The molecular formula is C14H11N3O3. The van der Waals surface area contributed by atoms with E-state index in [2.05, 4.69) is 15.0 Å². The van der Waals surface area contributed by atoms with Crippen LogP contribution >= 0.6 is 0 Å². The van der Waals surface area contributed by atoms with Gasteiger partial charge in [0.15, 0.2) is 5.65 Å². The van der Waals surface area contributed by atoms with E-state index >= 15 is 0 Å². The van der Waals surface area contributed by atoms with Gasteiger partial charge in [-0.05, 0) is 11.6 Å². The minimum absolute atomic E-state index is 0.292. The maximum Gasteiger partial charge on any atom is 0.315 e. The minimum Gasteiger partial charge on any atom is -0.473 e. The maximum absolute atomic E-state index is 11.2. The van der Waals surface area contributed by atoms with E-state index < -0.39 is 11.1 Å². The van der Waals surface area contributed by atoms with Crippen molar-refractivity contribution in [2.45, 2.75) is 6.61 Å². The Kier molecular flexibility index (Phi) is 3.04. The van der Waals surface area contributed by atoms with Crippen molar-refractivity contribution in [3.8, 4) is 5.88 Å². The smallest absolute Gasteiger partial charge is 0.315 e. The van der Waals surface area contributed by atoms with Gasteiger partial charge in [0.1, 0.15) is 6.61 Å². The molecule has 20 heavy (non-hydrogen) atoms. The highest BCUT2D eigenvalue weighted by molar-refractivity contribution is 5.69. The van der Waals surface area contributed by atoms with Crippen LogP contribution in [-0.4, -0.2) is 15.0 Å². The summed E-state index contributed by atoms with van der Waals surface area (Å²) in [5.74, 6) is 0.379. The van der Waals surface area contributed by atoms with Crippen molar-refractivity contribution in [3.05, 3.63) is 68.7 Å². The summed E-state index contributed by atoms with van der Waals surface area (Å²) in [6, 6.07) is 12.9. The second-order valence-electron chi connectivity index (χ2n) is 4.23. The van der Waals surface area contributed by atoms with E-state index in [-0.39, 0.29) is 0 Å². The second-order valence-corrected chi connectivity index (χ2v) is 4.23. The monoisotopic (exact) mass is 269 g/mol. The molecule has 2 aromatic heterocycles. The largest absolute Gasteiger partial charge is 0.473 e. The molecule has 0 aliphatic heterocycles. The molecule has 0 aliphatic carbocycles. The molecule has 0 bridgehead atoms. The van der Waals surface area contributed by atoms with Gasteiger partial charge in [0.25, 0.3) is 0 Å². The zero-order valence-electron chi connectivity index (χ0n) is 10.4. The predicted molar refractivity (Wildman–Crippen MR) is 73.8 cm³/mol. The predicted octanol–water partition coefficient (Wildman–Crippen LogP) is 1.19. The Bertz CT molecular complexity index is 853. The van der Waals surface area contributed by atoms with E-state index in [0.29, 0.717) is 23.7 Å². The Morgan fingerprint density at radius 2 is 1.70 bits per heavy atom. The van der Waals surface area contributed by atoms with Crippen LogP contribution in [0.15, 0.2) is 52.1 Å². The number of aromatic amines is 2. The standard InChI is InChI=1S/C14H11N3O3/c18-13-14(19)17-12-10(15-13)6-7-11(16-12)20-8-9-4-2-1-3-5-9/h1-7H,8H2,(H,15,18)(H,16,17,19). The Labute approximate surface area is 113 Å². The number of aromatic nitrogens is 3. The molecule has 3 rings (SSSR count). The van der Waals surface area contributed by atoms with Crippen LogP contribution in [-0.2, 0) is 6.61 Å². The number of nitrogens with one attached hydrogen (secondary N) is 2. The van der Waals surface area contributed by atoms with E-state index in [9.17, 15) is 9.59 Å². The van der Waals surface area contributed by atoms with Crippen LogP contribution in [0.4, 0.5) is 0 Å². The molecule has 0 atom stereocenters. The SMILES string of the molecule is O=c1[nH]c2ccc(OCc3ccccc3)nc2[nH]c1=O. The third-order valence-corrected chi connectivity index (χ3v) is 2.79. The fraction of sp³-hybridized carbons (Fsp3) is 0.0714. The molecule has 2 heterocycles. The van der Waals surface area contributed by atoms with Crippen LogP contribution < -0.4 is 15.9 Å². The van der Waals surface area contributed by atoms with Gasteiger partial charge < -0.3 is 14.7 Å². The Morgan fingerprint density at radius 3 is 2.50 bits per heavy atom. The number of hydrogen-bond acceptors (Lipinski definition) is 4. The summed E-state index contributed by atoms with van der Waals surface area (Å²) in [5.41, 5.74) is 0.341. The lowest BCUT2D eigenvalue weighted by molar-refractivity contribution is 0.295. The normalized spacial score (nSPS) is 10.6. The highest BCUT2D eigenvalue weighted by atomic mass is 16.5. The van der Waals surface area contributed by atoms with E-state index in [0.717, 1.165) is 5.56 Å². The molecule has 3 aromatic rings. The van der Waals surface area contributed by atoms with Gasteiger partial charge in [0.2, 0.25) is 5.88 Å². The zero-order valence-corrected chi connectivity index (χ0v) is 10.4. The molecule has 0 spiro atoms. The maximum atomic E-state index is 11.2. The fourth-order valence-corrected chi connectivity index (χ4v) is 1.79. The van der Waals surface area contributed by atoms with Crippen molar-refractivity contribution in [2.75, 3.05) is 0 Å². The molecule has 0 amide bonds. The third-order valence-electron chi connectivity index (χ3n) is 2.79. The Hall–Kier alpha value is -2.89. The number of nitrogens with zero attached hydrogens (tertiary/aromatic N) is 1. The van der Waals surface area contributed by atoms with Crippen LogP contribution in [0.2, 0.25) is 0 Å². The van der Waals surface area contributed by atoms with Crippen molar-refractivity contribution in [1.82, 2.24) is 15.0 Å². The van der Waals surface area contributed by atoms with Crippen LogP contribution in [0, 0.1) is 0 Å². The molecule has 0 unspecified atom stereocenters. The van der Waals surface area contributed by atoms with Gasteiger partial charge in [-0.1, -0.05) is 30.3 Å². The number of pyridine rings is 1. The number of H-pyrrole nitrogens is 2. The summed E-state index contributed by atoms with van der Waals surface area (Å²) in [7, 11) is 0. The number of hydrogen-bond donors (Lipinski definition) is 2. The van der Waals surface area contributed by atoms with E-state index in [1.165, 1.54) is 0 Å². The van der Waals surface area contributed by atoms with Gasteiger partial charge >= 0.3 is 11.1 Å². The molecular weight excluding hydrogens is 258 g/mol. The summed E-state index contributed by atoms with van der Waals surface area (Å²) < 4.78 is 5.55. The lowest BCUT2D eigenvalue weighted by atomic mass is 10.2. The summed E-state index contributed by atoms with van der Waals surface area (Å²) in [5, 5.41) is 0. The summed E-state index contributed by atoms with van der Waals surface area (Å²) in [4.78, 5) is 31.4. The van der Waals surface area contributed by atoms with E-state index in [4.69, 9.17) is 4.74 Å². The third kappa shape index (κ3) is 2.44. The van der Waals surface area contributed by atoms with Crippen molar-refractivity contribution in [2.24, 2.45) is 0 Å². The number of rotatable bonds is 3. The lowest BCUT2D eigenvalue weighted by Crippen LogP contribution is -2.29. The molecule has 100 valence electrons. The molecule has 0 radical (unpaired) electrons. The van der Waals surface area contributed by atoms with Crippen LogP contribution in [0.25, 0.3) is 11.2 Å².